The van der Waals surface area contributed by atoms with E-state index in [0.717, 1.165) is 32.1 Å². The Morgan fingerprint density at radius 3 is 2.74 bits per heavy atom. The molecule has 2 rings (SSSR count). The Balaban J connectivity index is 2.17. The average Bonchev–Trinajstić information content (AvgIpc) is 2.89. The van der Waals surface area contributed by atoms with Crippen molar-refractivity contribution in [3.05, 3.63) is 11.7 Å². The van der Waals surface area contributed by atoms with Gasteiger partial charge in [-0.1, -0.05) is 24.9 Å². The number of hydrogen-bond donors (Lipinski definition) is 1. The predicted molar refractivity (Wildman–Crippen MR) is 70.8 cm³/mol. The Morgan fingerprint density at radius 1 is 1.37 bits per heavy atom. The van der Waals surface area contributed by atoms with Crippen molar-refractivity contribution in [2.24, 2.45) is 0 Å². The zero-order valence-electron chi connectivity index (χ0n) is 12.1. The molecule has 108 valence electrons. The molecule has 0 radical (unpaired) electrons. The smallest absolute Gasteiger partial charge is 0.232 e. The number of hydrogen-bond acceptors (Lipinski definition) is 5. The summed E-state index contributed by atoms with van der Waals surface area (Å²) in [6, 6.07) is 0. The molecule has 0 amide bonds. The van der Waals surface area contributed by atoms with Crippen molar-refractivity contribution in [2.75, 3.05) is 6.61 Å². The van der Waals surface area contributed by atoms with Crippen molar-refractivity contribution in [3.63, 3.8) is 0 Å². The second-order valence-corrected chi connectivity index (χ2v) is 5.43. The molecule has 1 aliphatic rings. The van der Waals surface area contributed by atoms with Gasteiger partial charge in [0, 0.05) is 6.61 Å². The van der Waals surface area contributed by atoms with E-state index in [1.807, 2.05) is 20.8 Å². The summed E-state index contributed by atoms with van der Waals surface area (Å²) in [4.78, 5) is 4.48. The third-order valence-corrected chi connectivity index (χ3v) is 4.10. The van der Waals surface area contributed by atoms with E-state index >= 15 is 0 Å². The lowest BCUT2D eigenvalue weighted by Crippen LogP contribution is -2.27. The summed E-state index contributed by atoms with van der Waals surface area (Å²) in [7, 11) is 0. The minimum Gasteiger partial charge on any atom is -0.392 e. The second-order valence-electron chi connectivity index (χ2n) is 5.43. The topological polar surface area (TPSA) is 68.4 Å². The molecule has 5 heteroatoms. The minimum absolute atomic E-state index is 0.0160. The highest BCUT2D eigenvalue weighted by atomic mass is 16.5. The quantitative estimate of drug-likeness (QED) is 0.889. The summed E-state index contributed by atoms with van der Waals surface area (Å²) in [6.07, 6.45) is 4.34. The van der Waals surface area contributed by atoms with E-state index < -0.39 is 5.60 Å². The first-order valence-electron chi connectivity index (χ1n) is 7.26. The van der Waals surface area contributed by atoms with Crippen LogP contribution in [0.1, 0.15) is 70.5 Å². The standard InChI is InChI=1S/C14H24N2O3/c1-4-14(3,18-5-2)13-15-12(19-16-13)10-8-6-7-9-11(10)17/h10-11,17H,4-9H2,1-3H3. The van der Waals surface area contributed by atoms with E-state index in [1.54, 1.807) is 0 Å². The van der Waals surface area contributed by atoms with Crippen LogP contribution in [-0.4, -0.2) is 28.0 Å². The monoisotopic (exact) mass is 268 g/mol. The lowest BCUT2D eigenvalue weighted by molar-refractivity contribution is -0.0403. The zero-order valence-corrected chi connectivity index (χ0v) is 12.1. The maximum absolute atomic E-state index is 10.0. The first-order valence-corrected chi connectivity index (χ1v) is 7.26. The highest BCUT2D eigenvalue weighted by Crippen LogP contribution is 2.34. The number of aliphatic hydroxyl groups is 1. The predicted octanol–water partition coefficient (Wildman–Crippen LogP) is 2.75. The van der Waals surface area contributed by atoms with Crippen LogP contribution in [0.15, 0.2) is 4.52 Å². The van der Waals surface area contributed by atoms with E-state index in [2.05, 4.69) is 10.1 Å². The normalized spacial score (nSPS) is 27.2. The maximum atomic E-state index is 10.0. The Bertz CT molecular complexity index is 407. The molecule has 1 aromatic heterocycles. The van der Waals surface area contributed by atoms with Gasteiger partial charge in [-0.25, -0.2) is 0 Å². The molecule has 3 atom stereocenters. The van der Waals surface area contributed by atoms with Gasteiger partial charge >= 0.3 is 0 Å². The van der Waals surface area contributed by atoms with Crippen LogP contribution >= 0.6 is 0 Å². The fraction of sp³-hybridized carbons (Fsp3) is 0.857. The Kier molecular flexibility index (Phi) is 4.58. The molecule has 1 heterocycles. The lowest BCUT2D eigenvalue weighted by atomic mass is 9.86. The van der Waals surface area contributed by atoms with Crippen molar-refractivity contribution in [1.29, 1.82) is 0 Å². The zero-order chi connectivity index (χ0) is 13.9. The molecular weight excluding hydrogens is 244 g/mol. The van der Waals surface area contributed by atoms with Gasteiger partial charge in [0.1, 0.15) is 5.60 Å². The van der Waals surface area contributed by atoms with Crippen molar-refractivity contribution in [2.45, 2.75) is 70.5 Å². The first kappa shape index (κ1) is 14.5. The number of ether oxygens (including phenoxy) is 1. The van der Waals surface area contributed by atoms with Crippen molar-refractivity contribution < 1.29 is 14.4 Å². The molecule has 3 unspecified atom stereocenters. The molecule has 1 saturated carbocycles. The summed E-state index contributed by atoms with van der Waals surface area (Å²) in [5.74, 6) is 1.13. The van der Waals surface area contributed by atoms with Crippen LogP contribution in [0.4, 0.5) is 0 Å². The third-order valence-electron chi connectivity index (χ3n) is 4.10. The maximum Gasteiger partial charge on any atom is 0.232 e. The number of aliphatic hydroxyl groups excluding tert-OH is 1. The molecule has 1 N–H and O–H groups in total. The highest BCUT2D eigenvalue weighted by molar-refractivity contribution is 5.04. The van der Waals surface area contributed by atoms with Crippen LogP contribution in [0, 0.1) is 0 Å². The van der Waals surface area contributed by atoms with Crippen LogP contribution in [0.3, 0.4) is 0 Å². The third kappa shape index (κ3) is 2.98. The Morgan fingerprint density at radius 2 is 2.11 bits per heavy atom. The van der Waals surface area contributed by atoms with Gasteiger partial charge in [0.25, 0.3) is 0 Å². The number of aromatic nitrogens is 2. The van der Waals surface area contributed by atoms with Gasteiger partial charge in [0.2, 0.25) is 11.7 Å². The summed E-state index contributed by atoms with van der Waals surface area (Å²) in [5.41, 5.74) is -0.504. The fourth-order valence-electron chi connectivity index (χ4n) is 2.64. The molecule has 1 aliphatic carbocycles. The van der Waals surface area contributed by atoms with E-state index in [4.69, 9.17) is 9.26 Å². The molecular formula is C14H24N2O3. The molecule has 0 spiro atoms. The van der Waals surface area contributed by atoms with E-state index in [0.29, 0.717) is 18.3 Å². The van der Waals surface area contributed by atoms with Crippen LogP contribution < -0.4 is 0 Å². The van der Waals surface area contributed by atoms with Crippen molar-refractivity contribution >= 4 is 0 Å². The van der Waals surface area contributed by atoms with Crippen molar-refractivity contribution in [1.82, 2.24) is 10.1 Å². The second kappa shape index (κ2) is 6.01. The summed E-state index contributed by atoms with van der Waals surface area (Å²) in [6.45, 7) is 6.59. The van der Waals surface area contributed by atoms with Crippen molar-refractivity contribution in [3.8, 4) is 0 Å². The van der Waals surface area contributed by atoms with E-state index in [1.165, 1.54) is 0 Å². The van der Waals surface area contributed by atoms with Gasteiger partial charge in [-0.05, 0) is 33.1 Å². The van der Waals surface area contributed by atoms with Gasteiger partial charge in [0.05, 0.1) is 12.0 Å². The van der Waals surface area contributed by atoms with E-state index in [-0.39, 0.29) is 12.0 Å². The summed E-state index contributed by atoms with van der Waals surface area (Å²) in [5, 5.41) is 14.1. The molecule has 1 aromatic rings. The van der Waals surface area contributed by atoms with Gasteiger partial charge in [-0.2, -0.15) is 4.98 Å². The summed E-state index contributed by atoms with van der Waals surface area (Å²) < 4.78 is 11.1. The van der Waals surface area contributed by atoms with Gasteiger partial charge in [0.15, 0.2) is 0 Å². The van der Waals surface area contributed by atoms with Crippen LogP contribution in [-0.2, 0) is 10.3 Å². The van der Waals surface area contributed by atoms with Crippen LogP contribution in [0.25, 0.3) is 0 Å². The Labute approximate surface area is 114 Å². The number of rotatable bonds is 5. The van der Waals surface area contributed by atoms with Crippen LogP contribution in [0.2, 0.25) is 0 Å². The largest absolute Gasteiger partial charge is 0.392 e. The molecule has 1 fully saturated rings. The van der Waals surface area contributed by atoms with Gasteiger partial charge < -0.3 is 14.4 Å². The fourth-order valence-corrected chi connectivity index (χ4v) is 2.64. The molecule has 0 bridgehead atoms. The number of nitrogens with zero attached hydrogens (tertiary/aromatic N) is 2. The Hall–Kier alpha value is -0.940. The van der Waals surface area contributed by atoms with Crippen LogP contribution in [0.5, 0.6) is 0 Å². The average molecular weight is 268 g/mol. The first-order chi connectivity index (χ1) is 9.10. The molecule has 0 saturated heterocycles. The lowest BCUT2D eigenvalue weighted by Gasteiger charge is -2.25. The van der Waals surface area contributed by atoms with Gasteiger partial charge in [-0.3, -0.25) is 0 Å². The molecule has 0 aliphatic heterocycles. The minimum atomic E-state index is -0.504. The molecule has 19 heavy (non-hydrogen) atoms. The highest BCUT2D eigenvalue weighted by Gasteiger charge is 2.34. The summed E-state index contributed by atoms with van der Waals surface area (Å²) >= 11 is 0. The molecule has 5 nitrogen and oxygen atoms in total. The SMILES string of the molecule is CCOC(C)(CC)c1noc(C2CCCCC2O)n1. The van der Waals surface area contributed by atoms with Gasteiger partial charge in [-0.15, -0.1) is 0 Å². The molecule has 0 aromatic carbocycles. The van der Waals surface area contributed by atoms with E-state index in [9.17, 15) is 5.11 Å².